The van der Waals surface area contributed by atoms with Gasteiger partial charge in [0.15, 0.2) is 11.5 Å². The van der Waals surface area contributed by atoms with Crippen molar-refractivity contribution in [1.82, 2.24) is 10.1 Å². The number of hydrogen-bond donors (Lipinski definition) is 3. The van der Waals surface area contributed by atoms with Gasteiger partial charge in [0.25, 0.3) is 5.91 Å². The van der Waals surface area contributed by atoms with E-state index in [1.165, 1.54) is 31.4 Å². The first kappa shape index (κ1) is 19.7. The molecule has 0 aliphatic carbocycles. The van der Waals surface area contributed by atoms with E-state index < -0.39 is 15.9 Å². The first-order chi connectivity index (χ1) is 12.4. The summed E-state index contributed by atoms with van der Waals surface area (Å²) >= 11 is 0. The van der Waals surface area contributed by atoms with Gasteiger partial charge < -0.3 is 9.47 Å². The smallest absolute Gasteiger partial charge is 0.265 e. The van der Waals surface area contributed by atoms with Crippen LogP contribution in [-0.2, 0) is 16.4 Å². The highest BCUT2D eigenvalue weighted by atomic mass is 32.2. The predicted molar refractivity (Wildman–Crippen MR) is 96.5 cm³/mol. The van der Waals surface area contributed by atoms with Gasteiger partial charge in [0.1, 0.15) is 0 Å². The maximum atomic E-state index is 12.4. The quantitative estimate of drug-likeness (QED) is 0.355. The van der Waals surface area contributed by atoms with Crippen molar-refractivity contribution in [2.75, 3.05) is 20.8 Å². The molecule has 0 unspecified atom stereocenters. The number of ether oxygens (including phenoxy) is 2. The SMILES string of the molecule is COc1ccc(CCNS(=O)(=O)c2cccc(C(=O)NN)c2)cc1OC. The number of hydrazine groups is 1. The zero-order valence-electron chi connectivity index (χ0n) is 14.5. The minimum absolute atomic E-state index is 0.00842. The van der Waals surface area contributed by atoms with Crippen molar-refractivity contribution in [3.05, 3.63) is 53.6 Å². The lowest BCUT2D eigenvalue weighted by Gasteiger charge is -2.11. The van der Waals surface area contributed by atoms with Crippen LogP contribution in [0.3, 0.4) is 0 Å². The Kier molecular flexibility index (Phi) is 6.56. The summed E-state index contributed by atoms with van der Waals surface area (Å²) in [6.07, 6.45) is 0.461. The molecule has 1 amide bonds. The van der Waals surface area contributed by atoms with Crippen LogP contribution in [0.15, 0.2) is 47.4 Å². The van der Waals surface area contributed by atoms with E-state index in [2.05, 4.69) is 4.72 Å². The maximum absolute atomic E-state index is 12.4. The Labute approximate surface area is 152 Å². The van der Waals surface area contributed by atoms with Gasteiger partial charge in [-0.05, 0) is 42.3 Å². The normalized spacial score (nSPS) is 11.0. The van der Waals surface area contributed by atoms with E-state index in [4.69, 9.17) is 15.3 Å². The molecular weight excluding hydrogens is 358 g/mol. The Morgan fingerprint density at radius 3 is 2.46 bits per heavy atom. The van der Waals surface area contributed by atoms with E-state index in [0.717, 1.165) is 5.56 Å². The van der Waals surface area contributed by atoms with Crippen LogP contribution in [0.5, 0.6) is 11.5 Å². The summed E-state index contributed by atoms with van der Waals surface area (Å²) in [6, 6.07) is 11.0. The molecule has 0 aliphatic heterocycles. The topological polar surface area (TPSA) is 120 Å². The number of nitrogens with one attached hydrogen (secondary N) is 2. The monoisotopic (exact) mass is 379 g/mol. The van der Waals surface area contributed by atoms with Gasteiger partial charge in [0, 0.05) is 12.1 Å². The van der Waals surface area contributed by atoms with Crippen molar-refractivity contribution in [3.63, 3.8) is 0 Å². The molecule has 0 saturated heterocycles. The van der Waals surface area contributed by atoms with Gasteiger partial charge in [-0.2, -0.15) is 0 Å². The van der Waals surface area contributed by atoms with Crippen LogP contribution in [0.2, 0.25) is 0 Å². The fraction of sp³-hybridized carbons (Fsp3) is 0.235. The van der Waals surface area contributed by atoms with Crippen LogP contribution in [0.25, 0.3) is 0 Å². The van der Waals surface area contributed by atoms with Gasteiger partial charge in [-0.25, -0.2) is 19.0 Å². The third-order valence-electron chi connectivity index (χ3n) is 3.69. The summed E-state index contributed by atoms with van der Waals surface area (Å²) in [5.41, 5.74) is 3.02. The summed E-state index contributed by atoms with van der Waals surface area (Å²) in [7, 11) is -0.667. The van der Waals surface area contributed by atoms with E-state index in [1.807, 2.05) is 11.5 Å². The van der Waals surface area contributed by atoms with Crippen molar-refractivity contribution in [2.24, 2.45) is 5.84 Å². The second kappa shape index (κ2) is 8.65. The van der Waals surface area contributed by atoms with Crippen molar-refractivity contribution >= 4 is 15.9 Å². The summed E-state index contributed by atoms with van der Waals surface area (Å²) < 4.78 is 37.7. The predicted octanol–water partition coefficient (Wildman–Crippen LogP) is 0.828. The Bertz CT molecular complexity index is 884. The van der Waals surface area contributed by atoms with E-state index in [9.17, 15) is 13.2 Å². The Balaban J connectivity index is 2.06. The molecule has 0 heterocycles. The van der Waals surface area contributed by atoms with Crippen LogP contribution < -0.4 is 25.5 Å². The number of sulfonamides is 1. The van der Waals surface area contributed by atoms with E-state index in [1.54, 1.807) is 19.2 Å². The molecule has 4 N–H and O–H groups in total. The number of amides is 1. The molecule has 26 heavy (non-hydrogen) atoms. The van der Waals surface area contributed by atoms with E-state index in [-0.39, 0.29) is 17.0 Å². The molecule has 0 bridgehead atoms. The number of nitrogens with two attached hydrogens (primary N) is 1. The van der Waals surface area contributed by atoms with Gasteiger partial charge in [-0.3, -0.25) is 10.2 Å². The Morgan fingerprint density at radius 2 is 1.81 bits per heavy atom. The molecule has 2 aromatic carbocycles. The molecule has 2 aromatic rings. The summed E-state index contributed by atoms with van der Waals surface area (Å²) in [4.78, 5) is 11.5. The molecule has 0 atom stereocenters. The molecular formula is C17H21N3O5S. The molecule has 0 spiro atoms. The van der Waals surface area contributed by atoms with Crippen LogP contribution in [0, 0.1) is 0 Å². The van der Waals surface area contributed by atoms with E-state index >= 15 is 0 Å². The van der Waals surface area contributed by atoms with Crippen LogP contribution in [0.4, 0.5) is 0 Å². The number of methoxy groups -OCH3 is 2. The highest BCUT2D eigenvalue weighted by Gasteiger charge is 2.16. The number of benzene rings is 2. The van der Waals surface area contributed by atoms with Crippen molar-refractivity contribution in [1.29, 1.82) is 0 Å². The van der Waals surface area contributed by atoms with Crippen LogP contribution >= 0.6 is 0 Å². The standard InChI is InChI=1S/C17H21N3O5S/c1-24-15-7-6-12(10-16(15)25-2)8-9-19-26(22,23)14-5-3-4-13(11-14)17(21)20-18/h3-7,10-11,19H,8-9,18H2,1-2H3,(H,20,21). The first-order valence-electron chi connectivity index (χ1n) is 7.73. The van der Waals surface area contributed by atoms with Gasteiger partial charge in [-0.1, -0.05) is 12.1 Å². The molecule has 0 aromatic heterocycles. The fourth-order valence-corrected chi connectivity index (χ4v) is 3.41. The largest absolute Gasteiger partial charge is 0.493 e. The molecule has 0 aliphatic rings. The minimum atomic E-state index is -3.75. The average Bonchev–Trinajstić information content (AvgIpc) is 2.67. The highest BCUT2D eigenvalue weighted by Crippen LogP contribution is 2.27. The lowest BCUT2D eigenvalue weighted by Crippen LogP contribution is -2.30. The Morgan fingerprint density at radius 1 is 1.08 bits per heavy atom. The molecule has 8 nitrogen and oxygen atoms in total. The maximum Gasteiger partial charge on any atom is 0.265 e. The summed E-state index contributed by atoms with van der Waals surface area (Å²) in [5, 5.41) is 0. The van der Waals surface area contributed by atoms with Gasteiger partial charge in [0.2, 0.25) is 10.0 Å². The zero-order valence-corrected chi connectivity index (χ0v) is 15.3. The second-order valence-electron chi connectivity index (χ2n) is 5.34. The van der Waals surface area contributed by atoms with Crippen molar-refractivity contribution in [2.45, 2.75) is 11.3 Å². The second-order valence-corrected chi connectivity index (χ2v) is 7.11. The van der Waals surface area contributed by atoms with Crippen LogP contribution in [0.1, 0.15) is 15.9 Å². The Hall–Kier alpha value is -2.62. The van der Waals surface area contributed by atoms with Gasteiger partial charge in [-0.15, -0.1) is 0 Å². The zero-order chi connectivity index (χ0) is 19.2. The van der Waals surface area contributed by atoms with Crippen molar-refractivity contribution in [3.8, 4) is 11.5 Å². The third-order valence-corrected chi connectivity index (χ3v) is 5.15. The molecule has 2 rings (SSSR count). The molecule has 0 saturated carbocycles. The van der Waals surface area contributed by atoms with Crippen molar-refractivity contribution < 1.29 is 22.7 Å². The molecule has 140 valence electrons. The van der Waals surface area contributed by atoms with Gasteiger partial charge in [0.05, 0.1) is 19.1 Å². The number of carbonyl (C=O) groups excluding carboxylic acids is 1. The van der Waals surface area contributed by atoms with Gasteiger partial charge >= 0.3 is 0 Å². The first-order valence-corrected chi connectivity index (χ1v) is 9.21. The molecule has 0 fully saturated rings. The van der Waals surface area contributed by atoms with E-state index in [0.29, 0.717) is 17.9 Å². The molecule has 9 heteroatoms. The summed E-state index contributed by atoms with van der Waals surface area (Å²) in [5.74, 6) is 5.69. The number of carbonyl (C=O) groups is 1. The lowest BCUT2D eigenvalue weighted by atomic mass is 10.1. The third kappa shape index (κ3) is 4.72. The summed E-state index contributed by atoms with van der Waals surface area (Å²) in [6.45, 7) is 0.186. The number of rotatable bonds is 8. The highest BCUT2D eigenvalue weighted by molar-refractivity contribution is 7.89. The molecule has 0 radical (unpaired) electrons. The number of nitrogen functional groups attached to an aromatic ring is 1. The fourth-order valence-electron chi connectivity index (χ4n) is 2.34. The lowest BCUT2D eigenvalue weighted by molar-refractivity contribution is 0.0953. The number of hydrogen-bond acceptors (Lipinski definition) is 6. The minimum Gasteiger partial charge on any atom is -0.493 e. The average molecular weight is 379 g/mol. The van der Waals surface area contributed by atoms with Crippen LogP contribution in [-0.4, -0.2) is 35.1 Å².